The molecule has 1 fully saturated rings. The number of aryl methyl sites for hydroxylation is 1. The van der Waals surface area contributed by atoms with E-state index in [0.29, 0.717) is 11.7 Å². The average molecular weight is 276 g/mol. The van der Waals surface area contributed by atoms with Crippen LogP contribution in [0.2, 0.25) is 0 Å². The van der Waals surface area contributed by atoms with Crippen molar-refractivity contribution in [3.05, 3.63) is 18.1 Å². The average Bonchev–Trinajstić information content (AvgIpc) is 2.98. The molecule has 7 nitrogen and oxygen atoms in total. The molecule has 1 unspecified atom stereocenters. The van der Waals surface area contributed by atoms with Gasteiger partial charge in [-0.3, -0.25) is 4.79 Å². The molecule has 0 amide bonds. The van der Waals surface area contributed by atoms with E-state index in [-0.39, 0.29) is 12.5 Å². The van der Waals surface area contributed by atoms with Crippen LogP contribution < -0.4 is 0 Å². The number of carboxylic acids is 1. The molecule has 3 rings (SSSR count). The number of carboxylic acid groups (broad SMARTS) is 1. The number of tetrazole rings is 1. The molecule has 1 aliphatic rings. The van der Waals surface area contributed by atoms with Gasteiger partial charge in [0.25, 0.3) is 0 Å². The summed E-state index contributed by atoms with van der Waals surface area (Å²) in [5.41, 5.74) is 0.841. The minimum atomic E-state index is -0.828. The predicted molar refractivity (Wildman–Crippen MR) is 68.9 cm³/mol. The lowest BCUT2D eigenvalue weighted by Crippen LogP contribution is -2.18. The summed E-state index contributed by atoms with van der Waals surface area (Å²) in [5, 5.41) is 20.9. The van der Waals surface area contributed by atoms with Gasteiger partial charge in [-0.25, -0.2) is 4.68 Å². The Morgan fingerprint density at radius 1 is 1.60 bits per heavy atom. The highest BCUT2D eigenvalue weighted by Crippen LogP contribution is 2.42. The van der Waals surface area contributed by atoms with Crippen molar-refractivity contribution >= 4 is 5.97 Å². The summed E-state index contributed by atoms with van der Waals surface area (Å²) in [6.45, 7) is 1.99. The Hall–Kier alpha value is -2.18. The lowest BCUT2D eigenvalue weighted by atomic mass is 10.1. The summed E-state index contributed by atoms with van der Waals surface area (Å²) in [4.78, 5) is 11.1. The third-order valence-corrected chi connectivity index (χ3v) is 3.66. The van der Waals surface area contributed by atoms with E-state index in [0.717, 1.165) is 30.6 Å². The molecular formula is C13H16N4O3. The van der Waals surface area contributed by atoms with Gasteiger partial charge in [-0.05, 0) is 35.3 Å². The zero-order chi connectivity index (χ0) is 14.1. The van der Waals surface area contributed by atoms with Gasteiger partial charge in [-0.2, -0.15) is 0 Å². The number of furan rings is 1. The highest BCUT2D eigenvalue weighted by Gasteiger charge is 2.36. The molecule has 0 aromatic carbocycles. The molecule has 20 heavy (non-hydrogen) atoms. The first-order chi connectivity index (χ1) is 9.70. The fourth-order valence-corrected chi connectivity index (χ4v) is 2.52. The third-order valence-electron chi connectivity index (χ3n) is 3.66. The maximum Gasteiger partial charge on any atom is 0.305 e. The topological polar surface area (TPSA) is 94.0 Å². The van der Waals surface area contributed by atoms with Gasteiger partial charge in [0, 0.05) is 6.42 Å². The monoisotopic (exact) mass is 276 g/mol. The van der Waals surface area contributed by atoms with Crippen molar-refractivity contribution in [3.63, 3.8) is 0 Å². The van der Waals surface area contributed by atoms with Crippen molar-refractivity contribution in [2.24, 2.45) is 5.92 Å². The second kappa shape index (κ2) is 5.07. The minimum absolute atomic E-state index is 0.0437. The van der Waals surface area contributed by atoms with Crippen LogP contribution >= 0.6 is 0 Å². The van der Waals surface area contributed by atoms with Crippen LogP contribution in [0.1, 0.15) is 38.0 Å². The Balaban J connectivity index is 1.98. The van der Waals surface area contributed by atoms with Crippen LogP contribution in [-0.4, -0.2) is 31.3 Å². The number of hydrogen-bond acceptors (Lipinski definition) is 5. The zero-order valence-electron chi connectivity index (χ0n) is 11.2. The lowest BCUT2D eigenvalue weighted by molar-refractivity contribution is -0.138. The first-order valence-corrected chi connectivity index (χ1v) is 6.77. The Morgan fingerprint density at radius 3 is 3.05 bits per heavy atom. The first-order valence-electron chi connectivity index (χ1n) is 6.77. The number of aromatic nitrogens is 4. The first kappa shape index (κ1) is 12.8. The van der Waals surface area contributed by atoms with E-state index in [9.17, 15) is 4.79 Å². The van der Waals surface area contributed by atoms with Crippen LogP contribution in [0.15, 0.2) is 16.7 Å². The molecule has 106 valence electrons. The summed E-state index contributed by atoms with van der Waals surface area (Å²) >= 11 is 0. The minimum Gasteiger partial charge on any atom is -0.481 e. The second-order valence-corrected chi connectivity index (χ2v) is 5.06. The molecule has 1 aliphatic carbocycles. The van der Waals surface area contributed by atoms with Gasteiger partial charge in [0.1, 0.15) is 5.76 Å². The van der Waals surface area contributed by atoms with E-state index in [1.807, 2.05) is 13.0 Å². The van der Waals surface area contributed by atoms with Crippen LogP contribution in [0.25, 0.3) is 11.4 Å². The van der Waals surface area contributed by atoms with Gasteiger partial charge in [0.15, 0.2) is 5.82 Å². The summed E-state index contributed by atoms with van der Waals surface area (Å²) in [6, 6.07) is 1.64. The maximum atomic E-state index is 11.1. The van der Waals surface area contributed by atoms with Gasteiger partial charge in [0.2, 0.25) is 0 Å². The molecule has 0 aliphatic heterocycles. The largest absolute Gasteiger partial charge is 0.481 e. The van der Waals surface area contributed by atoms with E-state index in [1.54, 1.807) is 10.9 Å². The van der Waals surface area contributed by atoms with E-state index in [1.165, 1.54) is 0 Å². The van der Waals surface area contributed by atoms with Crippen LogP contribution in [-0.2, 0) is 11.2 Å². The normalized spacial score (nSPS) is 16.2. The van der Waals surface area contributed by atoms with Crippen LogP contribution in [0.4, 0.5) is 0 Å². The van der Waals surface area contributed by atoms with Crippen LogP contribution in [0.3, 0.4) is 0 Å². The van der Waals surface area contributed by atoms with Gasteiger partial charge in [0.05, 0.1) is 24.3 Å². The van der Waals surface area contributed by atoms with E-state index in [2.05, 4.69) is 15.5 Å². The molecule has 0 bridgehead atoms. The lowest BCUT2D eigenvalue weighted by Gasteiger charge is -2.15. The third kappa shape index (κ3) is 2.31. The fraction of sp³-hybridized carbons (Fsp3) is 0.538. The summed E-state index contributed by atoms with van der Waals surface area (Å²) in [5.74, 6) is 0.927. The fourth-order valence-electron chi connectivity index (χ4n) is 2.52. The van der Waals surface area contributed by atoms with E-state index < -0.39 is 5.97 Å². The van der Waals surface area contributed by atoms with Gasteiger partial charge >= 0.3 is 5.97 Å². The second-order valence-electron chi connectivity index (χ2n) is 5.06. The van der Waals surface area contributed by atoms with E-state index in [4.69, 9.17) is 9.52 Å². The van der Waals surface area contributed by atoms with Crippen LogP contribution in [0, 0.1) is 5.92 Å². The molecule has 2 heterocycles. The Morgan fingerprint density at radius 2 is 2.40 bits per heavy atom. The molecule has 0 radical (unpaired) electrons. The smallest absolute Gasteiger partial charge is 0.305 e. The molecule has 7 heteroatoms. The summed E-state index contributed by atoms with van der Waals surface area (Å²) in [7, 11) is 0. The van der Waals surface area contributed by atoms with Crippen molar-refractivity contribution in [1.29, 1.82) is 0 Å². The predicted octanol–water partition coefficient (Wildman–Crippen LogP) is 1.92. The molecular weight excluding hydrogens is 260 g/mol. The van der Waals surface area contributed by atoms with E-state index >= 15 is 0 Å². The SMILES string of the molecule is CCc1occc1-c1nnnn1C(CC(=O)O)C1CC1. The van der Waals surface area contributed by atoms with Crippen LogP contribution in [0.5, 0.6) is 0 Å². The van der Waals surface area contributed by atoms with Gasteiger partial charge in [-0.15, -0.1) is 5.10 Å². The van der Waals surface area contributed by atoms with Crippen molar-refractivity contribution < 1.29 is 14.3 Å². The maximum absolute atomic E-state index is 11.1. The molecule has 1 atom stereocenters. The van der Waals surface area contributed by atoms with Gasteiger partial charge in [-0.1, -0.05) is 6.92 Å². The molecule has 1 N–H and O–H groups in total. The summed E-state index contributed by atoms with van der Waals surface area (Å²) in [6.07, 6.45) is 4.45. The summed E-state index contributed by atoms with van der Waals surface area (Å²) < 4.78 is 7.05. The Kier molecular flexibility index (Phi) is 3.25. The molecule has 2 aromatic rings. The highest BCUT2D eigenvalue weighted by molar-refractivity contribution is 5.67. The van der Waals surface area contributed by atoms with Crippen molar-refractivity contribution in [3.8, 4) is 11.4 Å². The molecule has 1 saturated carbocycles. The van der Waals surface area contributed by atoms with Crippen molar-refractivity contribution in [2.45, 2.75) is 38.6 Å². The standard InChI is InChI=1S/C13H16N4O3/c1-2-11-9(5-6-20-11)13-14-15-16-17(13)10(7-12(18)19)8-3-4-8/h5-6,8,10H,2-4,7H2,1H3,(H,18,19). The number of aliphatic carboxylic acids is 1. The van der Waals surface area contributed by atoms with Gasteiger partial charge < -0.3 is 9.52 Å². The molecule has 2 aromatic heterocycles. The van der Waals surface area contributed by atoms with Crippen molar-refractivity contribution in [2.75, 3.05) is 0 Å². The van der Waals surface area contributed by atoms with Crippen molar-refractivity contribution in [1.82, 2.24) is 20.2 Å². The molecule has 0 spiro atoms. The quantitative estimate of drug-likeness (QED) is 0.866. The zero-order valence-corrected chi connectivity index (χ0v) is 11.2. The number of nitrogens with zero attached hydrogens (tertiary/aromatic N) is 4. The Labute approximate surface area is 115 Å². The number of rotatable bonds is 6. The molecule has 0 saturated heterocycles. The number of hydrogen-bond donors (Lipinski definition) is 1. The Bertz CT molecular complexity index is 615. The highest BCUT2D eigenvalue weighted by atomic mass is 16.4. The number of carbonyl (C=O) groups is 1.